The van der Waals surface area contributed by atoms with Gasteiger partial charge in [0.2, 0.25) is 11.8 Å². The Hall–Kier alpha value is -2.36. The average Bonchev–Trinajstić information content (AvgIpc) is 3.11. The van der Waals surface area contributed by atoms with Crippen LogP contribution in [0.4, 0.5) is 0 Å². The van der Waals surface area contributed by atoms with E-state index in [9.17, 15) is 19.5 Å². The number of hydrogen-bond donors (Lipinski definition) is 5. The van der Waals surface area contributed by atoms with Crippen LogP contribution < -0.4 is 22.5 Å². The van der Waals surface area contributed by atoms with E-state index < -0.39 is 30.0 Å². The van der Waals surface area contributed by atoms with Gasteiger partial charge in [0.05, 0.1) is 6.04 Å². The number of nitrogens with zero attached hydrogens (tertiary/aromatic N) is 2. The summed E-state index contributed by atoms with van der Waals surface area (Å²) in [6.45, 7) is 4.57. The zero-order valence-corrected chi connectivity index (χ0v) is 16.1. The first-order chi connectivity index (χ1) is 12.7. The van der Waals surface area contributed by atoms with Gasteiger partial charge >= 0.3 is 5.97 Å². The summed E-state index contributed by atoms with van der Waals surface area (Å²) >= 11 is 0. The van der Waals surface area contributed by atoms with Crippen molar-refractivity contribution in [3.8, 4) is 0 Å². The van der Waals surface area contributed by atoms with Crippen LogP contribution in [0.2, 0.25) is 0 Å². The van der Waals surface area contributed by atoms with Crippen LogP contribution in [0, 0.1) is 5.92 Å². The maximum atomic E-state index is 12.6. The summed E-state index contributed by atoms with van der Waals surface area (Å²) in [6, 6.07) is -2.42. The van der Waals surface area contributed by atoms with E-state index in [0.717, 1.165) is 6.42 Å². The molecule has 10 nitrogen and oxygen atoms in total. The van der Waals surface area contributed by atoms with Crippen molar-refractivity contribution in [2.45, 2.75) is 64.1 Å². The molecule has 154 valence electrons. The van der Waals surface area contributed by atoms with Crippen LogP contribution in [0.15, 0.2) is 4.99 Å². The van der Waals surface area contributed by atoms with E-state index in [2.05, 4.69) is 10.3 Å². The third kappa shape index (κ3) is 6.70. The second kappa shape index (κ2) is 10.7. The first kappa shape index (κ1) is 22.7. The van der Waals surface area contributed by atoms with E-state index in [4.69, 9.17) is 17.2 Å². The lowest BCUT2D eigenvalue weighted by molar-refractivity contribution is -0.144. The van der Waals surface area contributed by atoms with Gasteiger partial charge < -0.3 is 32.5 Å². The molecule has 2 amide bonds. The van der Waals surface area contributed by atoms with Crippen molar-refractivity contribution >= 4 is 23.7 Å². The van der Waals surface area contributed by atoms with Crippen molar-refractivity contribution in [1.82, 2.24) is 10.2 Å². The number of carbonyl (C=O) groups is 3. The van der Waals surface area contributed by atoms with E-state index in [1.165, 1.54) is 4.90 Å². The number of carboxylic acid groups (broad SMARTS) is 1. The van der Waals surface area contributed by atoms with Crippen LogP contribution in [0.5, 0.6) is 0 Å². The van der Waals surface area contributed by atoms with Crippen LogP contribution >= 0.6 is 0 Å². The van der Waals surface area contributed by atoms with Gasteiger partial charge in [0.25, 0.3) is 0 Å². The number of aliphatic carboxylic acids is 1. The molecule has 27 heavy (non-hydrogen) atoms. The highest BCUT2D eigenvalue weighted by Crippen LogP contribution is 2.21. The van der Waals surface area contributed by atoms with Gasteiger partial charge in [-0.25, -0.2) is 4.79 Å². The lowest BCUT2D eigenvalue weighted by atomic mass is 9.98. The number of aliphatic imine (C=N–C) groups is 1. The number of carboxylic acids is 1. The standard InChI is InChI=1S/C17H32N6O4/c1-3-10(2)13(18)15(25)23-9-5-7-12(23)14(24)22-11(16(26)27)6-4-8-21-17(19)20/h10-13H,3-9,18H2,1-2H3,(H,22,24)(H,26,27)(H4,19,20,21). The predicted octanol–water partition coefficient (Wildman–Crippen LogP) is -1.03. The molecule has 1 fully saturated rings. The van der Waals surface area contributed by atoms with Crippen molar-refractivity contribution < 1.29 is 19.5 Å². The Morgan fingerprint density at radius 3 is 2.56 bits per heavy atom. The van der Waals surface area contributed by atoms with E-state index in [1.807, 2.05) is 13.8 Å². The van der Waals surface area contributed by atoms with E-state index >= 15 is 0 Å². The maximum Gasteiger partial charge on any atom is 0.326 e. The highest BCUT2D eigenvalue weighted by molar-refractivity contribution is 5.92. The number of guanidine groups is 1. The molecule has 0 aromatic carbocycles. The molecule has 0 bridgehead atoms. The number of amides is 2. The van der Waals surface area contributed by atoms with Crippen molar-refractivity contribution in [2.75, 3.05) is 13.1 Å². The Bertz CT molecular complexity index is 564. The SMILES string of the molecule is CCC(C)C(N)C(=O)N1CCCC1C(=O)NC(CCCN=C(N)N)C(=O)O. The first-order valence-electron chi connectivity index (χ1n) is 9.33. The molecule has 1 saturated heterocycles. The van der Waals surface area contributed by atoms with Crippen LogP contribution in [0.1, 0.15) is 46.0 Å². The second-order valence-electron chi connectivity index (χ2n) is 6.95. The number of nitrogens with two attached hydrogens (primary N) is 3. The number of nitrogens with one attached hydrogen (secondary N) is 1. The van der Waals surface area contributed by atoms with Gasteiger partial charge in [0.15, 0.2) is 5.96 Å². The van der Waals surface area contributed by atoms with Gasteiger partial charge in [-0.3, -0.25) is 14.6 Å². The van der Waals surface area contributed by atoms with E-state index in [-0.39, 0.29) is 30.8 Å². The first-order valence-corrected chi connectivity index (χ1v) is 9.33. The Morgan fingerprint density at radius 1 is 1.33 bits per heavy atom. The molecule has 8 N–H and O–H groups in total. The van der Waals surface area contributed by atoms with Crippen molar-refractivity contribution in [1.29, 1.82) is 0 Å². The topological polar surface area (TPSA) is 177 Å². The fourth-order valence-corrected chi connectivity index (χ4v) is 3.02. The molecular formula is C17H32N6O4. The van der Waals surface area contributed by atoms with E-state index in [1.54, 1.807) is 0 Å². The van der Waals surface area contributed by atoms with Crippen LogP contribution in [-0.4, -0.2) is 65.0 Å². The lowest BCUT2D eigenvalue weighted by Crippen LogP contribution is -2.55. The molecule has 1 aliphatic rings. The van der Waals surface area contributed by atoms with E-state index in [0.29, 0.717) is 25.8 Å². The normalized spacial score (nSPS) is 19.8. The van der Waals surface area contributed by atoms with Crippen LogP contribution in [0.25, 0.3) is 0 Å². The quantitative estimate of drug-likeness (QED) is 0.182. The minimum atomic E-state index is -1.14. The largest absolute Gasteiger partial charge is 0.480 e. The second-order valence-corrected chi connectivity index (χ2v) is 6.95. The minimum absolute atomic E-state index is 0.00381. The maximum absolute atomic E-state index is 12.6. The molecule has 4 atom stereocenters. The number of hydrogen-bond acceptors (Lipinski definition) is 5. The van der Waals surface area contributed by atoms with Crippen molar-refractivity contribution in [3.05, 3.63) is 0 Å². The zero-order valence-electron chi connectivity index (χ0n) is 16.1. The lowest BCUT2D eigenvalue weighted by Gasteiger charge is -2.29. The Kier molecular flexibility index (Phi) is 8.99. The van der Waals surface area contributed by atoms with Gasteiger partial charge in [-0.15, -0.1) is 0 Å². The smallest absolute Gasteiger partial charge is 0.326 e. The molecule has 0 aliphatic carbocycles. The number of rotatable bonds is 10. The highest BCUT2D eigenvalue weighted by atomic mass is 16.4. The molecule has 1 aliphatic heterocycles. The van der Waals surface area contributed by atoms with Crippen LogP contribution in [-0.2, 0) is 14.4 Å². The van der Waals surface area contributed by atoms with Gasteiger partial charge in [0.1, 0.15) is 12.1 Å². The summed E-state index contributed by atoms with van der Waals surface area (Å²) in [7, 11) is 0. The molecule has 1 heterocycles. The Labute approximate surface area is 159 Å². The molecule has 0 saturated carbocycles. The Balaban J connectivity index is 2.70. The van der Waals surface area contributed by atoms with Crippen LogP contribution in [0.3, 0.4) is 0 Å². The van der Waals surface area contributed by atoms with Crippen molar-refractivity contribution in [2.24, 2.45) is 28.1 Å². The summed E-state index contributed by atoms with van der Waals surface area (Å²) in [6.07, 6.45) is 2.52. The molecule has 0 spiro atoms. The number of likely N-dealkylation sites (tertiary alicyclic amines) is 1. The fourth-order valence-electron chi connectivity index (χ4n) is 3.02. The van der Waals surface area contributed by atoms with Crippen molar-refractivity contribution in [3.63, 3.8) is 0 Å². The monoisotopic (exact) mass is 384 g/mol. The number of carbonyl (C=O) groups excluding carboxylic acids is 2. The third-order valence-electron chi connectivity index (χ3n) is 4.94. The molecule has 1 rings (SSSR count). The summed E-state index contributed by atoms with van der Waals surface area (Å²) in [4.78, 5) is 41.9. The molecule has 0 aromatic heterocycles. The minimum Gasteiger partial charge on any atom is -0.480 e. The molecule has 10 heteroatoms. The molecule has 0 aromatic rings. The predicted molar refractivity (Wildman–Crippen MR) is 102 cm³/mol. The summed E-state index contributed by atoms with van der Waals surface area (Å²) in [5, 5.41) is 11.9. The third-order valence-corrected chi connectivity index (χ3v) is 4.94. The molecule has 4 unspecified atom stereocenters. The molecular weight excluding hydrogens is 352 g/mol. The van der Waals surface area contributed by atoms with Gasteiger partial charge in [0, 0.05) is 13.1 Å². The average molecular weight is 384 g/mol. The molecule has 0 radical (unpaired) electrons. The fraction of sp³-hybridized carbons (Fsp3) is 0.765. The van der Waals surface area contributed by atoms with Gasteiger partial charge in [-0.1, -0.05) is 20.3 Å². The van der Waals surface area contributed by atoms with Gasteiger partial charge in [-0.2, -0.15) is 0 Å². The summed E-state index contributed by atoms with van der Waals surface area (Å²) in [5.74, 6) is -1.93. The van der Waals surface area contributed by atoms with Gasteiger partial charge in [-0.05, 0) is 31.6 Å². The summed E-state index contributed by atoms with van der Waals surface area (Å²) in [5.41, 5.74) is 16.5. The zero-order chi connectivity index (χ0) is 20.6. The summed E-state index contributed by atoms with van der Waals surface area (Å²) < 4.78 is 0. The highest BCUT2D eigenvalue weighted by Gasteiger charge is 2.38. The Morgan fingerprint density at radius 2 is 2.00 bits per heavy atom.